The molecule has 3 rings (SSSR count). The summed E-state index contributed by atoms with van der Waals surface area (Å²) in [5, 5.41) is 18.7. The number of halogens is 1. The molecule has 0 bridgehead atoms. The van der Waals surface area contributed by atoms with Crippen molar-refractivity contribution in [2.24, 2.45) is 0 Å². The van der Waals surface area contributed by atoms with E-state index in [1.807, 2.05) is 31.3 Å². The van der Waals surface area contributed by atoms with Gasteiger partial charge in [-0.1, -0.05) is 30.9 Å². The molecular weight excluding hydrogens is 306 g/mol. The van der Waals surface area contributed by atoms with Crippen molar-refractivity contribution in [2.45, 2.75) is 37.5 Å². The van der Waals surface area contributed by atoms with E-state index in [0.717, 1.165) is 23.6 Å². The Labute approximate surface area is 142 Å². The molecule has 1 aliphatic heterocycles. The Kier molecular flexibility index (Phi) is 4.16. The lowest BCUT2D eigenvalue weighted by atomic mass is 9.68. The number of nitrogens with zero attached hydrogens (tertiary/aromatic N) is 3. The number of hydrogen-bond donors (Lipinski definition) is 0. The van der Waals surface area contributed by atoms with Gasteiger partial charge in [-0.25, -0.2) is 0 Å². The Balaban J connectivity index is 2.16. The van der Waals surface area contributed by atoms with Gasteiger partial charge in [-0.05, 0) is 48.8 Å². The topological polar surface area (TPSA) is 50.8 Å². The lowest BCUT2D eigenvalue weighted by molar-refractivity contribution is 0.347. The summed E-state index contributed by atoms with van der Waals surface area (Å²) in [6.07, 6.45) is 9.37. The summed E-state index contributed by atoms with van der Waals surface area (Å²) in [6, 6.07) is 9.92. The molecular formula is C19H18ClN3. The average molecular weight is 324 g/mol. The fourth-order valence-corrected chi connectivity index (χ4v) is 4.16. The molecule has 0 amide bonds. The van der Waals surface area contributed by atoms with Crippen molar-refractivity contribution in [3.63, 3.8) is 0 Å². The first-order chi connectivity index (χ1) is 11.1. The van der Waals surface area contributed by atoms with Gasteiger partial charge >= 0.3 is 0 Å². The highest BCUT2D eigenvalue weighted by Gasteiger charge is 2.46. The van der Waals surface area contributed by atoms with Crippen molar-refractivity contribution in [3.05, 3.63) is 52.2 Å². The van der Waals surface area contributed by atoms with Crippen LogP contribution in [0.1, 0.15) is 37.7 Å². The Morgan fingerprint density at radius 3 is 2.57 bits per heavy atom. The summed E-state index contributed by atoms with van der Waals surface area (Å²) in [6.45, 7) is 0. The summed E-state index contributed by atoms with van der Waals surface area (Å²) in [5.41, 5.74) is 3.71. The van der Waals surface area contributed by atoms with Gasteiger partial charge in [0.05, 0.1) is 0 Å². The van der Waals surface area contributed by atoms with Gasteiger partial charge in [-0.15, -0.1) is 0 Å². The third-order valence-electron chi connectivity index (χ3n) is 5.04. The molecule has 4 heteroatoms. The Morgan fingerprint density at radius 2 is 1.91 bits per heavy atom. The third-order valence-corrected chi connectivity index (χ3v) is 5.28. The number of fused-ring (bicyclic) bond motifs is 2. The first kappa shape index (κ1) is 15.7. The molecule has 0 saturated heterocycles. The molecule has 1 aromatic carbocycles. The number of anilines is 1. The number of benzene rings is 1. The van der Waals surface area contributed by atoms with Gasteiger partial charge in [-0.2, -0.15) is 10.5 Å². The quantitative estimate of drug-likeness (QED) is 0.694. The Bertz CT molecular complexity index is 755. The van der Waals surface area contributed by atoms with E-state index in [-0.39, 0.29) is 11.0 Å². The van der Waals surface area contributed by atoms with Gasteiger partial charge in [0, 0.05) is 28.9 Å². The predicted octanol–water partition coefficient (Wildman–Crippen LogP) is 4.85. The van der Waals surface area contributed by atoms with Gasteiger partial charge in [0.25, 0.3) is 0 Å². The van der Waals surface area contributed by atoms with Crippen LogP contribution >= 0.6 is 11.6 Å². The van der Waals surface area contributed by atoms with Gasteiger partial charge < -0.3 is 4.90 Å². The monoisotopic (exact) mass is 323 g/mol. The Hall–Kier alpha value is -2.23. The molecule has 116 valence electrons. The lowest BCUT2D eigenvalue weighted by Crippen LogP contribution is -2.31. The second-order valence-corrected chi connectivity index (χ2v) is 6.66. The number of allylic oxidation sites excluding steroid dienone is 4. The molecule has 1 saturated carbocycles. The highest BCUT2D eigenvalue weighted by atomic mass is 35.5. The van der Waals surface area contributed by atoms with Gasteiger partial charge in [0.15, 0.2) is 0 Å². The van der Waals surface area contributed by atoms with E-state index < -0.39 is 0 Å². The molecule has 1 spiro atoms. The molecule has 1 aromatic rings. The van der Waals surface area contributed by atoms with Crippen molar-refractivity contribution >= 4 is 17.3 Å². The van der Waals surface area contributed by atoms with Crippen molar-refractivity contribution < 1.29 is 0 Å². The molecule has 0 unspecified atom stereocenters. The fourth-order valence-electron chi connectivity index (χ4n) is 3.99. The maximum absolute atomic E-state index is 8.98. The van der Waals surface area contributed by atoms with E-state index in [2.05, 4.69) is 17.0 Å². The van der Waals surface area contributed by atoms with Gasteiger partial charge in [-0.3, -0.25) is 0 Å². The lowest BCUT2D eigenvalue weighted by Gasteiger charge is -2.36. The zero-order valence-electron chi connectivity index (χ0n) is 13.1. The number of likely N-dealkylation sites (N-methyl/N-ethyl adjacent to an activating group) is 1. The van der Waals surface area contributed by atoms with E-state index in [1.165, 1.54) is 30.5 Å². The average Bonchev–Trinajstić information content (AvgIpc) is 2.78. The maximum atomic E-state index is 8.98. The van der Waals surface area contributed by atoms with Crippen molar-refractivity contribution in [3.8, 4) is 12.1 Å². The molecule has 2 aliphatic rings. The molecule has 1 heterocycles. The second kappa shape index (κ2) is 6.11. The van der Waals surface area contributed by atoms with Crippen molar-refractivity contribution in [1.82, 2.24) is 0 Å². The zero-order chi connectivity index (χ0) is 16.4. The minimum Gasteiger partial charge on any atom is -0.347 e. The van der Waals surface area contributed by atoms with Crippen LogP contribution in [0, 0.1) is 22.7 Å². The smallest absolute Gasteiger partial charge is 0.129 e. The summed E-state index contributed by atoms with van der Waals surface area (Å²) in [4.78, 5) is 2.18. The standard InChI is InChI=1S/C19H18ClN3/c1-23-17-7-6-15(20)11-16(17)19(9-3-2-4-10-19)18(23)8-5-14(12-21)13-22/h5-8,11H,2-4,9-10H2,1H3/b18-8+. The highest BCUT2D eigenvalue weighted by molar-refractivity contribution is 6.30. The molecule has 0 N–H and O–H groups in total. The summed E-state index contributed by atoms with van der Waals surface area (Å²) in [5.74, 6) is 0. The Morgan fingerprint density at radius 1 is 1.22 bits per heavy atom. The second-order valence-electron chi connectivity index (χ2n) is 6.22. The molecule has 0 aromatic heterocycles. The van der Waals surface area contributed by atoms with Crippen LogP contribution in [0.3, 0.4) is 0 Å². The largest absolute Gasteiger partial charge is 0.347 e. The fraction of sp³-hybridized carbons (Fsp3) is 0.368. The van der Waals surface area contributed by atoms with Crippen molar-refractivity contribution in [1.29, 1.82) is 10.5 Å². The van der Waals surface area contributed by atoms with E-state index in [9.17, 15) is 0 Å². The predicted molar refractivity (Wildman–Crippen MR) is 92.0 cm³/mol. The number of rotatable bonds is 1. The van der Waals surface area contributed by atoms with E-state index in [0.29, 0.717) is 0 Å². The molecule has 23 heavy (non-hydrogen) atoms. The minimum atomic E-state index is -0.0419. The number of hydrogen-bond acceptors (Lipinski definition) is 3. The van der Waals surface area contributed by atoms with Gasteiger partial charge in [0.2, 0.25) is 0 Å². The van der Waals surface area contributed by atoms with Crippen LogP contribution in [0.25, 0.3) is 0 Å². The highest BCUT2D eigenvalue weighted by Crippen LogP contribution is 2.55. The summed E-state index contributed by atoms with van der Waals surface area (Å²) in [7, 11) is 2.05. The summed E-state index contributed by atoms with van der Waals surface area (Å²) < 4.78 is 0. The molecule has 3 nitrogen and oxygen atoms in total. The molecule has 1 aliphatic carbocycles. The van der Waals surface area contributed by atoms with Crippen LogP contribution in [-0.4, -0.2) is 7.05 Å². The van der Waals surface area contributed by atoms with Crippen LogP contribution in [0.4, 0.5) is 5.69 Å². The minimum absolute atomic E-state index is 0.0419. The first-order valence-electron chi connectivity index (χ1n) is 7.89. The van der Waals surface area contributed by atoms with Crippen LogP contribution in [0.5, 0.6) is 0 Å². The molecule has 1 fully saturated rings. The van der Waals surface area contributed by atoms with E-state index in [4.69, 9.17) is 22.1 Å². The normalized spacial score (nSPS) is 20.0. The number of nitriles is 2. The van der Waals surface area contributed by atoms with Crippen LogP contribution < -0.4 is 4.90 Å². The summed E-state index contributed by atoms with van der Waals surface area (Å²) >= 11 is 6.26. The zero-order valence-corrected chi connectivity index (χ0v) is 13.9. The third kappa shape index (κ3) is 2.52. The van der Waals surface area contributed by atoms with Crippen molar-refractivity contribution in [2.75, 3.05) is 11.9 Å². The van der Waals surface area contributed by atoms with Gasteiger partial charge in [0.1, 0.15) is 17.7 Å². The van der Waals surface area contributed by atoms with E-state index in [1.54, 1.807) is 6.08 Å². The van der Waals surface area contributed by atoms with Crippen LogP contribution in [-0.2, 0) is 5.41 Å². The SMILES string of the molecule is CN1/C(=C/C=C(C#N)C#N)C2(CCCCC2)c2cc(Cl)ccc21. The molecule has 0 radical (unpaired) electrons. The van der Waals surface area contributed by atoms with E-state index >= 15 is 0 Å². The van der Waals surface area contributed by atoms with Crippen LogP contribution in [0.15, 0.2) is 41.6 Å². The molecule has 0 atom stereocenters. The first-order valence-corrected chi connectivity index (χ1v) is 8.26. The maximum Gasteiger partial charge on any atom is 0.129 e. The van der Waals surface area contributed by atoms with Crippen LogP contribution in [0.2, 0.25) is 5.02 Å².